The summed E-state index contributed by atoms with van der Waals surface area (Å²) in [5.74, 6) is 0.489. The molecule has 3 aromatic heterocycles. The van der Waals surface area contributed by atoms with E-state index in [1.807, 2.05) is 60.0 Å². The van der Waals surface area contributed by atoms with Crippen molar-refractivity contribution in [3.63, 3.8) is 0 Å². The lowest BCUT2D eigenvalue weighted by Gasteiger charge is -2.10. The zero-order valence-electron chi connectivity index (χ0n) is 17.5. The van der Waals surface area contributed by atoms with Gasteiger partial charge in [-0.05, 0) is 47.5 Å². The number of nitrogens with one attached hydrogen (secondary N) is 2. The smallest absolute Gasteiger partial charge is 0.257 e. The Morgan fingerprint density at radius 3 is 2.82 bits per heavy atom. The van der Waals surface area contributed by atoms with E-state index in [1.165, 1.54) is 4.68 Å². The summed E-state index contributed by atoms with van der Waals surface area (Å²) in [5.41, 5.74) is 2.65. The van der Waals surface area contributed by atoms with Gasteiger partial charge in [0.15, 0.2) is 0 Å². The van der Waals surface area contributed by atoms with E-state index in [2.05, 4.69) is 20.4 Å². The highest BCUT2D eigenvalue weighted by Gasteiger charge is 2.21. The maximum absolute atomic E-state index is 13.3. The van der Waals surface area contributed by atoms with E-state index in [0.717, 1.165) is 46.2 Å². The summed E-state index contributed by atoms with van der Waals surface area (Å²) in [5, 5.41) is 11.5. The molecule has 6 rings (SSSR count). The van der Waals surface area contributed by atoms with Gasteiger partial charge in [0.1, 0.15) is 11.5 Å². The van der Waals surface area contributed by atoms with E-state index in [4.69, 9.17) is 0 Å². The number of aryl methyl sites for hydroxylation is 1. The highest BCUT2D eigenvalue weighted by Crippen LogP contribution is 2.28. The fourth-order valence-electron chi connectivity index (χ4n) is 4.31. The third-order valence-electron chi connectivity index (χ3n) is 5.89. The molecule has 8 heteroatoms. The molecule has 5 aromatic rings. The van der Waals surface area contributed by atoms with Crippen molar-refractivity contribution >= 4 is 33.8 Å². The molecule has 1 aliphatic rings. The fraction of sp³-hybridized carbons (Fsp3) is 0.120. The lowest BCUT2D eigenvalue weighted by Crippen LogP contribution is -2.21. The number of aromatic amines is 1. The molecule has 0 spiro atoms. The number of amides is 1. The number of aromatic nitrogens is 4. The third-order valence-corrected chi connectivity index (χ3v) is 6.78. The van der Waals surface area contributed by atoms with Gasteiger partial charge in [0, 0.05) is 17.2 Å². The molecule has 2 aromatic carbocycles. The number of hydrogen-bond acceptors (Lipinski definition) is 5. The second kappa shape index (κ2) is 7.83. The summed E-state index contributed by atoms with van der Waals surface area (Å²) in [6, 6.07) is 19.1. The SMILES string of the molecule is O=C(Nc1cc(-c2cccs2)nn1-c1nc2c(c(=O)[nH]1)CCC2)c1cccc2ccccc12. The minimum Gasteiger partial charge on any atom is -0.306 e. The normalized spacial score (nSPS) is 12.7. The van der Waals surface area contributed by atoms with Crippen LogP contribution in [0.3, 0.4) is 0 Å². The average Bonchev–Trinajstić information content (AvgIpc) is 3.59. The summed E-state index contributed by atoms with van der Waals surface area (Å²) in [4.78, 5) is 34.4. The molecule has 0 fully saturated rings. The Kier molecular flexibility index (Phi) is 4.66. The first-order chi connectivity index (χ1) is 16.2. The maximum Gasteiger partial charge on any atom is 0.257 e. The lowest BCUT2D eigenvalue weighted by atomic mass is 10.0. The molecule has 1 amide bonds. The highest BCUT2D eigenvalue weighted by molar-refractivity contribution is 7.13. The summed E-state index contributed by atoms with van der Waals surface area (Å²) in [6.45, 7) is 0. The second-order valence-electron chi connectivity index (χ2n) is 7.95. The Hall–Kier alpha value is -4.04. The van der Waals surface area contributed by atoms with Crippen LogP contribution in [-0.4, -0.2) is 25.7 Å². The van der Waals surface area contributed by atoms with E-state index in [-0.39, 0.29) is 11.5 Å². The zero-order valence-corrected chi connectivity index (χ0v) is 18.4. The van der Waals surface area contributed by atoms with E-state index in [1.54, 1.807) is 17.4 Å². The Balaban J connectivity index is 1.45. The van der Waals surface area contributed by atoms with E-state index in [0.29, 0.717) is 23.0 Å². The van der Waals surface area contributed by atoms with Crippen molar-refractivity contribution in [2.75, 3.05) is 5.32 Å². The molecule has 2 N–H and O–H groups in total. The largest absolute Gasteiger partial charge is 0.306 e. The first-order valence-corrected chi connectivity index (χ1v) is 11.6. The summed E-state index contributed by atoms with van der Waals surface area (Å²) >= 11 is 1.55. The van der Waals surface area contributed by atoms with Crippen LogP contribution in [0.5, 0.6) is 0 Å². The van der Waals surface area contributed by atoms with Gasteiger partial charge in [0.2, 0.25) is 5.95 Å². The second-order valence-corrected chi connectivity index (χ2v) is 8.90. The van der Waals surface area contributed by atoms with Gasteiger partial charge in [-0.25, -0.2) is 4.98 Å². The number of carbonyl (C=O) groups excluding carboxylic acids is 1. The molecule has 0 radical (unpaired) electrons. The van der Waals surface area contributed by atoms with Crippen LogP contribution in [0.25, 0.3) is 27.3 Å². The number of thiophene rings is 1. The number of H-pyrrole nitrogens is 1. The van der Waals surface area contributed by atoms with Crippen LogP contribution in [-0.2, 0) is 12.8 Å². The Morgan fingerprint density at radius 1 is 1.06 bits per heavy atom. The van der Waals surface area contributed by atoms with E-state index < -0.39 is 0 Å². The molecule has 0 atom stereocenters. The van der Waals surface area contributed by atoms with Crippen molar-refractivity contribution in [1.82, 2.24) is 19.7 Å². The van der Waals surface area contributed by atoms with Gasteiger partial charge < -0.3 is 5.32 Å². The van der Waals surface area contributed by atoms with Crippen molar-refractivity contribution in [2.24, 2.45) is 0 Å². The minimum absolute atomic E-state index is 0.146. The topological polar surface area (TPSA) is 92.7 Å². The van der Waals surface area contributed by atoms with Gasteiger partial charge in [0.25, 0.3) is 11.5 Å². The number of benzene rings is 2. The number of carbonyl (C=O) groups is 1. The molecular formula is C25H19N5O2S. The fourth-order valence-corrected chi connectivity index (χ4v) is 4.99. The molecule has 3 heterocycles. The summed E-state index contributed by atoms with van der Waals surface area (Å²) < 4.78 is 1.51. The highest BCUT2D eigenvalue weighted by atomic mass is 32.1. The van der Waals surface area contributed by atoms with E-state index >= 15 is 0 Å². The van der Waals surface area contributed by atoms with Crippen LogP contribution < -0.4 is 10.9 Å². The molecule has 0 unspecified atom stereocenters. The van der Waals surface area contributed by atoms with Gasteiger partial charge in [-0.3, -0.25) is 14.6 Å². The number of nitrogens with zero attached hydrogens (tertiary/aromatic N) is 3. The zero-order chi connectivity index (χ0) is 22.4. The number of rotatable bonds is 4. The third kappa shape index (κ3) is 3.44. The number of hydrogen-bond donors (Lipinski definition) is 2. The van der Waals surface area contributed by atoms with Gasteiger partial charge in [-0.2, -0.15) is 9.78 Å². The van der Waals surface area contributed by atoms with Crippen molar-refractivity contribution in [3.8, 4) is 16.5 Å². The van der Waals surface area contributed by atoms with Gasteiger partial charge in [0.05, 0.1) is 10.6 Å². The molecule has 0 saturated heterocycles. The van der Waals surface area contributed by atoms with Crippen LogP contribution in [0.2, 0.25) is 0 Å². The van der Waals surface area contributed by atoms with Crippen LogP contribution in [0, 0.1) is 0 Å². The first kappa shape index (κ1) is 19.6. The molecule has 0 bridgehead atoms. The molecular weight excluding hydrogens is 434 g/mol. The van der Waals surface area contributed by atoms with Gasteiger partial charge in [-0.15, -0.1) is 11.3 Å². The standard InChI is InChI=1S/C25H19N5O2S/c31-23(17-9-3-7-15-6-1-2-8-16(15)17)27-22-14-20(21-12-5-13-33-21)29-30(22)25-26-19-11-4-10-18(19)24(32)28-25/h1-3,5-9,12-14H,4,10-11H2,(H,27,31)(H,26,28,32). The average molecular weight is 454 g/mol. The van der Waals surface area contributed by atoms with Crippen molar-refractivity contribution in [1.29, 1.82) is 0 Å². The Bertz CT molecular complexity index is 1560. The first-order valence-electron chi connectivity index (χ1n) is 10.7. The number of anilines is 1. The minimum atomic E-state index is -0.255. The molecule has 7 nitrogen and oxygen atoms in total. The maximum atomic E-state index is 13.3. The van der Waals surface area contributed by atoms with Crippen molar-refractivity contribution in [3.05, 3.63) is 93.2 Å². The van der Waals surface area contributed by atoms with E-state index in [9.17, 15) is 9.59 Å². The van der Waals surface area contributed by atoms with Crippen LogP contribution in [0.1, 0.15) is 28.0 Å². The van der Waals surface area contributed by atoms with Crippen LogP contribution in [0.4, 0.5) is 5.82 Å². The predicted octanol–water partition coefficient (Wildman–Crippen LogP) is 4.58. The quantitative estimate of drug-likeness (QED) is 0.417. The number of fused-ring (bicyclic) bond motifs is 2. The lowest BCUT2D eigenvalue weighted by molar-refractivity contribution is 0.102. The molecule has 1 aliphatic carbocycles. The molecule has 0 aliphatic heterocycles. The van der Waals surface area contributed by atoms with Crippen LogP contribution >= 0.6 is 11.3 Å². The summed E-state index contributed by atoms with van der Waals surface area (Å²) in [7, 11) is 0. The monoisotopic (exact) mass is 453 g/mol. The predicted molar refractivity (Wildman–Crippen MR) is 129 cm³/mol. The molecule has 0 saturated carbocycles. The van der Waals surface area contributed by atoms with Crippen LogP contribution in [0.15, 0.2) is 70.8 Å². The van der Waals surface area contributed by atoms with Gasteiger partial charge >= 0.3 is 0 Å². The van der Waals surface area contributed by atoms with Gasteiger partial charge in [-0.1, -0.05) is 42.5 Å². The Morgan fingerprint density at radius 2 is 1.94 bits per heavy atom. The summed E-state index contributed by atoms with van der Waals surface area (Å²) in [6.07, 6.45) is 2.42. The van der Waals surface area contributed by atoms with Crippen molar-refractivity contribution < 1.29 is 4.79 Å². The molecule has 33 heavy (non-hydrogen) atoms. The molecule has 162 valence electrons. The van der Waals surface area contributed by atoms with Crippen molar-refractivity contribution in [2.45, 2.75) is 19.3 Å². The Labute approximate surface area is 192 Å².